The first-order chi connectivity index (χ1) is 9.95. The van der Waals surface area contributed by atoms with Crippen molar-refractivity contribution in [2.45, 2.75) is 31.8 Å². The molecule has 0 aromatic heterocycles. The van der Waals surface area contributed by atoms with Gasteiger partial charge in [-0.25, -0.2) is 4.39 Å². The van der Waals surface area contributed by atoms with E-state index in [-0.39, 0.29) is 23.1 Å². The molecule has 4 nitrogen and oxygen atoms in total. The fraction of sp³-hybridized carbons (Fsp3) is 0.625. The molecular weight excluding hydrogens is 271 g/mol. The monoisotopic (exact) mass is 296 g/mol. The van der Waals surface area contributed by atoms with E-state index in [2.05, 4.69) is 18.7 Å². The molecule has 1 aliphatic heterocycles. The molecule has 5 heteroatoms. The van der Waals surface area contributed by atoms with Gasteiger partial charge in [0.15, 0.2) is 11.6 Å². The Morgan fingerprint density at radius 3 is 2.62 bits per heavy atom. The normalized spacial score (nSPS) is 18.5. The summed E-state index contributed by atoms with van der Waals surface area (Å²) in [6.07, 6.45) is 0.630. The molecule has 0 bridgehead atoms. The number of benzene rings is 1. The van der Waals surface area contributed by atoms with E-state index in [1.165, 1.54) is 13.2 Å². The van der Waals surface area contributed by atoms with E-state index in [9.17, 15) is 4.39 Å². The van der Waals surface area contributed by atoms with Gasteiger partial charge in [-0.1, -0.05) is 6.07 Å². The van der Waals surface area contributed by atoms with Crippen molar-refractivity contribution >= 4 is 0 Å². The van der Waals surface area contributed by atoms with Crippen molar-refractivity contribution in [2.75, 3.05) is 33.4 Å². The van der Waals surface area contributed by atoms with Gasteiger partial charge in [0.1, 0.15) is 0 Å². The van der Waals surface area contributed by atoms with E-state index in [1.54, 1.807) is 6.07 Å². The Balaban J connectivity index is 2.05. The molecule has 118 valence electrons. The first-order valence-electron chi connectivity index (χ1n) is 7.36. The van der Waals surface area contributed by atoms with Crippen molar-refractivity contribution in [3.63, 3.8) is 0 Å². The van der Waals surface area contributed by atoms with Gasteiger partial charge in [-0.3, -0.25) is 4.90 Å². The summed E-state index contributed by atoms with van der Waals surface area (Å²) >= 11 is 0. The molecule has 2 N–H and O–H groups in total. The third-order valence-electron chi connectivity index (χ3n) is 4.41. The van der Waals surface area contributed by atoms with E-state index >= 15 is 0 Å². The second-order valence-electron chi connectivity index (χ2n) is 6.03. The van der Waals surface area contributed by atoms with Crippen LogP contribution in [-0.2, 0) is 11.2 Å². The van der Waals surface area contributed by atoms with Gasteiger partial charge < -0.3 is 15.2 Å². The molecule has 1 aromatic carbocycles. The van der Waals surface area contributed by atoms with E-state index in [0.717, 1.165) is 31.9 Å². The van der Waals surface area contributed by atoms with Crippen LogP contribution in [0.25, 0.3) is 0 Å². The summed E-state index contributed by atoms with van der Waals surface area (Å²) in [5.74, 6) is -0.0776. The number of hydrogen-bond donors (Lipinski definition) is 1. The van der Waals surface area contributed by atoms with Crippen LogP contribution < -0.4 is 10.5 Å². The number of morpholine rings is 1. The maximum atomic E-state index is 13.8. The van der Waals surface area contributed by atoms with Crippen LogP contribution in [0.2, 0.25) is 0 Å². The second-order valence-corrected chi connectivity index (χ2v) is 6.03. The first kappa shape index (κ1) is 16.2. The smallest absolute Gasteiger partial charge is 0.165 e. The van der Waals surface area contributed by atoms with Gasteiger partial charge in [0.2, 0.25) is 0 Å². The maximum absolute atomic E-state index is 13.8. The summed E-state index contributed by atoms with van der Waals surface area (Å²) in [5, 5.41) is 0. The van der Waals surface area contributed by atoms with E-state index in [0.29, 0.717) is 6.42 Å². The third-order valence-corrected chi connectivity index (χ3v) is 4.41. The molecule has 1 unspecified atom stereocenters. The average molecular weight is 296 g/mol. The summed E-state index contributed by atoms with van der Waals surface area (Å²) in [6, 6.07) is 4.95. The summed E-state index contributed by atoms with van der Waals surface area (Å²) in [5.41, 5.74) is 7.14. The molecule has 1 saturated heterocycles. The number of rotatable bonds is 5. The lowest BCUT2D eigenvalue weighted by atomic mass is 9.88. The molecule has 0 radical (unpaired) electrons. The molecule has 1 atom stereocenters. The zero-order valence-corrected chi connectivity index (χ0v) is 13.1. The Morgan fingerprint density at radius 2 is 2.05 bits per heavy atom. The van der Waals surface area contributed by atoms with Crippen LogP contribution in [0.15, 0.2) is 18.2 Å². The molecule has 0 amide bonds. The Hall–Kier alpha value is -1.17. The summed E-state index contributed by atoms with van der Waals surface area (Å²) in [4.78, 5) is 2.35. The Labute approximate surface area is 126 Å². The van der Waals surface area contributed by atoms with Crippen LogP contribution in [0.1, 0.15) is 19.4 Å². The molecule has 1 aliphatic rings. The number of nitrogens with zero attached hydrogens (tertiary/aromatic N) is 1. The summed E-state index contributed by atoms with van der Waals surface area (Å²) in [6.45, 7) is 7.54. The van der Waals surface area contributed by atoms with Crippen molar-refractivity contribution in [1.82, 2.24) is 4.90 Å². The lowest BCUT2D eigenvalue weighted by Gasteiger charge is -2.44. The van der Waals surface area contributed by atoms with E-state index < -0.39 is 0 Å². The highest BCUT2D eigenvalue weighted by Gasteiger charge is 2.34. The molecule has 0 spiro atoms. The van der Waals surface area contributed by atoms with Crippen LogP contribution in [0, 0.1) is 5.82 Å². The fourth-order valence-electron chi connectivity index (χ4n) is 2.71. The number of hydrogen-bond acceptors (Lipinski definition) is 4. The van der Waals surface area contributed by atoms with Crippen LogP contribution in [0.5, 0.6) is 5.75 Å². The van der Waals surface area contributed by atoms with Crippen molar-refractivity contribution < 1.29 is 13.9 Å². The molecule has 1 fully saturated rings. The van der Waals surface area contributed by atoms with Crippen LogP contribution >= 0.6 is 0 Å². The number of methoxy groups -OCH3 is 1. The minimum atomic E-state index is -0.341. The van der Waals surface area contributed by atoms with Crippen molar-refractivity contribution in [3.05, 3.63) is 29.6 Å². The molecule has 0 aliphatic carbocycles. The zero-order valence-electron chi connectivity index (χ0n) is 13.1. The SMILES string of the molecule is COc1ccc(CC(N)C(C)(C)N2CCOCC2)cc1F. The lowest BCUT2D eigenvalue weighted by Crippen LogP contribution is -2.59. The molecule has 21 heavy (non-hydrogen) atoms. The zero-order chi connectivity index (χ0) is 15.5. The topological polar surface area (TPSA) is 47.7 Å². The highest BCUT2D eigenvalue weighted by molar-refractivity contribution is 5.30. The van der Waals surface area contributed by atoms with E-state index in [4.69, 9.17) is 15.2 Å². The first-order valence-corrected chi connectivity index (χ1v) is 7.36. The predicted octanol–water partition coefficient (Wildman–Crippen LogP) is 1.81. The van der Waals surface area contributed by atoms with Crippen molar-refractivity contribution in [2.24, 2.45) is 5.73 Å². The van der Waals surface area contributed by atoms with Gasteiger partial charge >= 0.3 is 0 Å². The standard InChI is InChI=1S/C16H25FN2O2/c1-16(2,19-6-8-21-9-7-19)15(18)11-12-4-5-14(20-3)13(17)10-12/h4-5,10,15H,6-9,11,18H2,1-3H3. The van der Waals surface area contributed by atoms with Gasteiger partial charge in [-0.2, -0.15) is 0 Å². The summed E-state index contributed by atoms with van der Waals surface area (Å²) < 4.78 is 24.1. The van der Waals surface area contributed by atoms with Gasteiger partial charge in [0, 0.05) is 24.7 Å². The second kappa shape index (κ2) is 6.73. The fourth-order valence-corrected chi connectivity index (χ4v) is 2.71. The minimum absolute atomic E-state index is 0.0802. The summed E-state index contributed by atoms with van der Waals surface area (Å²) in [7, 11) is 1.46. The van der Waals surface area contributed by atoms with E-state index in [1.807, 2.05) is 6.07 Å². The van der Waals surface area contributed by atoms with Gasteiger partial charge in [0.25, 0.3) is 0 Å². The number of halogens is 1. The molecule has 0 saturated carbocycles. The highest BCUT2D eigenvalue weighted by Crippen LogP contribution is 2.24. The van der Waals surface area contributed by atoms with Gasteiger partial charge in [-0.15, -0.1) is 0 Å². The van der Waals surface area contributed by atoms with Crippen LogP contribution in [0.3, 0.4) is 0 Å². The molecule has 1 aromatic rings. The Bertz CT molecular complexity index is 473. The largest absolute Gasteiger partial charge is 0.494 e. The van der Waals surface area contributed by atoms with Gasteiger partial charge in [0.05, 0.1) is 20.3 Å². The molecule has 1 heterocycles. The molecular formula is C16H25FN2O2. The maximum Gasteiger partial charge on any atom is 0.165 e. The van der Waals surface area contributed by atoms with Crippen molar-refractivity contribution in [1.29, 1.82) is 0 Å². The third kappa shape index (κ3) is 3.73. The van der Waals surface area contributed by atoms with Gasteiger partial charge in [-0.05, 0) is 38.0 Å². The Kier molecular flexibility index (Phi) is 5.19. The highest BCUT2D eigenvalue weighted by atomic mass is 19.1. The van der Waals surface area contributed by atoms with Crippen molar-refractivity contribution in [3.8, 4) is 5.75 Å². The molecule has 2 rings (SSSR count). The number of nitrogens with two attached hydrogens (primary N) is 1. The quantitative estimate of drug-likeness (QED) is 0.900. The lowest BCUT2D eigenvalue weighted by molar-refractivity contribution is -0.0186. The predicted molar refractivity (Wildman–Crippen MR) is 81.1 cm³/mol. The number of ether oxygens (including phenoxy) is 2. The average Bonchev–Trinajstić information content (AvgIpc) is 2.48. The minimum Gasteiger partial charge on any atom is -0.494 e. The van der Waals surface area contributed by atoms with Crippen LogP contribution in [-0.4, -0.2) is 49.9 Å². The van der Waals surface area contributed by atoms with Crippen LogP contribution in [0.4, 0.5) is 4.39 Å². The Morgan fingerprint density at radius 1 is 1.38 bits per heavy atom.